The largest absolute Gasteiger partial charge is 0.494 e. The van der Waals surface area contributed by atoms with Crippen molar-refractivity contribution in [1.29, 1.82) is 0 Å². The highest BCUT2D eigenvalue weighted by Crippen LogP contribution is 2.34. The summed E-state index contributed by atoms with van der Waals surface area (Å²) in [6, 6.07) is 6.08. The number of hydrogen-bond acceptors (Lipinski definition) is 8. The van der Waals surface area contributed by atoms with Gasteiger partial charge in [0.2, 0.25) is 5.95 Å². The molecule has 8 nitrogen and oxygen atoms in total. The topological polar surface area (TPSA) is 87.5 Å². The number of benzene rings is 1. The van der Waals surface area contributed by atoms with Gasteiger partial charge < -0.3 is 14.7 Å². The fourth-order valence-electron chi connectivity index (χ4n) is 4.18. The molecule has 3 aromatic rings. The van der Waals surface area contributed by atoms with Gasteiger partial charge in [-0.2, -0.15) is 0 Å². The molecule has 0 aliphatic carbocycles. The SMILES string of the molecule is CCOc1ccc(CN2CC[C@H](c3nc(N(C)C)ncc3-c3cncnc3)C2)cc1CO. The van der Waals surface area contributed by atoms with Crippen LogP contribution in [0.15, 0.2) is 43.1 Å². The molecule has 8 heteroatoms. The first-order valence-electron chi connectivity index (χ1n) is 11.0. The molecule has 1 N–H and O–H groups in total. The van der Waals surface area contributed by atoms with Gasteiger partial charge in [0, 0.05) is 68.4 Å². The second kappa shape index (κ2) is 10.0. The van der Waals surface area contributed by atoms with E-state index in [0.717, 1.165) is 54.2 Å². The number of hydrogen-bond donors (Lipinski definition) is 1. The Balaban J connectivity index is 1.55. The molecule has 0 saturated carbocycles. The van der Waals surface area contributed by atoms with Gasteiger partial charge in [0.25, 0.3) is 0 Å². The van der Waals surface area contributed by atoms with Crippen LogP contribution in [-0.2, 0) is 13.2 Å². The van der Waals surface area contributed by atoms with Gasteiger partial charge >= 0.3 is 0 Å². The van der Waals surface area contributed by atoms with Crippen molar-refractivity contribution >= 4 is 5.95 Å². The summed E-state index contributed by atoms with van der Waals surface area (Å²) >= 11 is 0. The van der Waals surface area contributed by atoms with E-state index in [1.165, 1.54) is 11.9 Å². The number of likely N-dealkylation sites (tertiary alicyclic amines) is 1. The van der Waals surface area contributed by atoms with Gasteiger partial charge in [-0.3, -0.25) is 4.90 Å². The molecule has 0 spiro atoms. The van der Waals surface area contributed by atoms with Gasteiger partial charge in [-0.1, -0.05) is 6.07 Å². The second-order valence-corrected chi connectivity index (χ2v) is 8.24. The molecule has 0 radical (unpaired) electrons. The van der Waals surface area contributed by atoms with Crippen molar-refractivity contribution in [3.05, 3.63) is 59.9 Å². The summed E-state index contributed by atoms with van der Waals surface area (Å²) in [4.78, 5) is 22.2. The maximum absolute atomic E-state index is 9.71. The Morgan fingerprint density at radius 2 is 2.00 bits per heavy atom. The first kappa shape index (κ1) is 22.1. The van der Waals surface area contributed by atoms with Crippen LogP contribution in [0.5, 0.6) is 5.75 Å². The summed E-state index contributed by atoms with van der Waals surface area (Å²) in [5, 5.41) is 9.71. The Morgan fingerprint density at radius 1 is 1.19 bits per heavy atom. The molecule has 1 fully saturated rings. The smallest absolute Gasteiger partial charge is 0.225 e. The van der Waals surface area contributed by atoms with E-state index in [4.69, 9.17) is 9.72 Å². The predicted octanol–water partition coefficient (Wildman–Crippen LogP) is 2.88. The lowest BCUT2D eigenvalue weighted by Crippen LogP contribution is -2.21. The zero-order chi connectivity index (χ0) is 22.5. The fourth-order valence-corrected chi connectivity index (χ4v) is 4.18. The molecule has 4 rings (SSSR count). The minimum Gasteiger partial charge on any atom is -0.494 e. The lowest BCUT2D eigenvalue weighted by atomic mass is 9.97. The van der Waals surface area contributed by atoms with Gasteiger partial charge in [-0.05, 0) is 37.6 Å². The maximum Gasteiger partial charge on any atom is 0.225 e. The van der Waals surface area contributed by atoms with Gasteiger partial charge in [0.05, 0.1) is 18.9 Å². The fraction of sp³-hybridized carbons (Fsp3) is 0.417. The average Bonchev–Trinajstić information content (AvgIpc) is 3.28. The van der Waals surface area contributed by atoms with Crippen LogP contribution in [0.1, 0.15) is 36.1 Å². The highest BCUT2D eigenvalue weighted by molar-refractivity contribution is 5.65. The summed E-state index contributed by atoms with van der Waals surface area (Å²) in [6.45, 7) is 5.23. The van der Waals surface area contributed by atoms with Crippen LogP contribution >= 0.6 is 0 Å². The molecule has 32 heavy (non-hydrogen) atoms. The third-order valence-electron chi connectivity index (χ3n) is 5.74. The summed E-state index contributed by atoms with van der Waals surface area (Å²) in [5.41, 5.74) is 4.98. The van der Waals surface area contributed by atoms with Crippen LogP contribution in [0, 0.1) is 0 Å². The Morgan fingerprint density at radius 3 is 2.72 bits per heavy atom. The van der Waals surface area contributed by atoms with Crippen LogP contribution in [0.4, 0.5) is 5.95 Å². The number of aromatic nitrogens is 4. The molecule has 1 aliphatic rings. The molecule has 3 heterocycles. The van der Waals surface area contributed by atoms with E-state index in [1.807, 2.05) is 56.6 Å². The zero-order valence-electron chi connectivity index (χ0n) is 18.9. The summed E-state index contributed by atoms with van der Waals surface area (Å²) in [6.07, 6.45) is 8.07. The number of nitrogens with zero attached hydrogens (tertiary/aromatic N) is 6. The van der Waals surface area contributed by atoms with Gasteiger partial charge in [0.1, 0.15) is 12.1 Å². The molecule has 0 bridgehead atoms. The van der Waals surface area contributed by atoms with Crippen LogP contribution < -0.4 is 9.64 Å². The Hall–Kier alpha value is -3.10. The second-order valence-electron chi connectivity index (χ2n) is 8.24. The van der Waals surface area contributed by atoms with Crippen LogP contribution in [0.25, 0.3) is 11.1 Å². The van der Waals surface area contributed by atoms with E-state index >= 15 is 0 Å². The molecule has 1 aromatic carbocycles. The third-order valence-corrected chi connectivity index (χ3v) is 5.74. The molecule has 0 amide bonds. The lowest BCUT2D eigenvalue weighted by molar-refractivity contribution is 0.266. The van der Waals surface area contributed by atoms with Crippen molar-refractivity contribution in [1.82, 2.24) is 24.8 Å². The first-order chi connectivity index (χ1) is 15.6. The van der Waals surface area contributed by atoms with E-state index in [-0.39, 0.29) is 6.61 Å². The summed E-state index contributed by atoms with van der Waals surface area (Å²) < 4.78 is 5.61. The first-order valence-corrected chi connectivity index (χ1v) is 11.0. The molecule has 1 saturated heterocycles. The van der Waals surface area contributed by atoms with Crippen LogP contribution in [0.2, 0.25) is 0 Å². The maximum atomic E-state index is 9.71. The molecule has 168 valence electrons. The van der Waals surface area contributed by atoms with E-state index in [0.29, 0.717) is 18.5 Å². The zero-order valence-corrected chi connectivity index (χ0v) is 18.9. The molecular formula is C24H30N6O2. The van der Waals surface area contributed by atoms with Crippen molar-refractivity contribution < 1.29 is 9.84 Å². The Labute approximate surface area is 188 Å². The molecule has 0 unspecified atom stereocenters. The number of rotatable bonds is 8. The lowest BCUT2D eigenvalue weighted by Gasteiger charge is -2.20. The molecule has 2 aromatic heterocycles. The number of anilines is 1. The molecule has 1 atom stereocenters. The van der Waals surface area contributed by atoms with Gasteiger partial charge in [0.15, 0.2) is 0 Å². The Kier molecular flexibility index (Phi) is 6.92. The van der Waals surface area contributed by atoms with Crippen molar-refractivity contribution in [3.8, 4) is 16.9 Å². The van der Waals surface area contributed by atoms with Gasteiger partial charge in [-0.15, -0.1) is 0 Å². The van der Waals surface area contributed by atoms with Crippen molar-refractivity contribution in [2.24, 2.45) is 0 Å². The predicted molar refractivity (Wildman–Crippen MR) is 124 cm³/mol. The van der Waals surface area contributed by atoms with Crippen molar-refractivity contribution in [2.75, 3.05) is 38.7 Å². The van der Waals surface area contributed by atoms with E-state index in [1.54, 1.807) is 0 Å². The third kappa shape index (κ3) is 4.87. The molecular weight excluding hydrogens is 404 g/mol. The quantitative estimate of drug-likeness (QED) is 0.579. The standard InChI is InChI=1S/C24H30N6O2/c1-4-32-22-6-5-17(9-19(22)15-31)13-30-8-7-18(14-30)23-21(20-10-25-16-26-11-20)12-27-24(28-23)29(2)3/h5-6,9-12,16,18,31H,4,7-8,13-15H2,1-3H3/t18-/m0/s1. The molecule has 1 aliphatic heterocycles. The highest BCUT2D eigenvalue weighted by Gasteiger charge is 2.28. The highest BCUT2D eigenvalue weighted by atomic mass is 16.5. The van der Waals surface area contributed by atoms with E-state index in [2.05, 4.69) is 25.9 Å². The van der Waals surface area contributed by atoms with Gasteiger partial charge in [-0.25, -0.2) is 19.9 Å². The number of aliphatic hydroxyl groups is 1. The number of ether oxygens (including phenoxy) is 1. The van der Waals surface area contributed by atoms with Crippen molar-refractivity contribution in [2.45, 2.75) is 32.4 Å². The Bertz CT molecular complexity index is 1040. The number of aliphatic hydroxyl groups excluding tert-OH is 1. The average molecular weight is 435 g/mol. The van der Waals surface area contributed by atoms with E-state index < -0.39 is 0 Å². The monoisotopic (exact) mass is 434 g/mol. The normalized spacial score (nSPS) is 16.3. The minimum absolute atomic E-state index is 0.0252. The van der Waals surface area contributed by atoms with Crippen molar-refractivity contribution in [3.63, 3.8) is 0 Å². The van der Waals surface area contributed by atoms with Crippen LogP contribution in [0.3, 0.4) is 0 Å². The summed E-state index contributed by atoms with van der Waals surface area (Å²) in [7, 11) is 3.91. The van der Waals surface area contributed by atoms with Crippen LogP contribution in [-0.4, -0.2) is 63.7 Å². The summed E-state index contributed by atoms with van der Waals surface area (Å²) in [5.74, 6) is 1.76. The van der Waals surface area contributed by atoms with E-state index in [9.17, 15) is 5.11 Å². The minimum atomic E-state index is -0.0252.